The number of alkyl halides is 2. The molecule has 0 N–H and O–H groups in total. The van der Waals surface area contributed by atoms with E-state index in [0.717, 1.165) is 21.8 Å². The number of hydrogen-bond acceptors (Lipinski definition) is 4. The van der Waals surface area contributed by atoms with Gasteiger partial charge in [0.2, 0.25) is 27.8 Å². The van der Waals surface area contributed by atoms with Crippen molar-refractivity contribution in [1.29, 1.82) is 0 Å². The Bertz CT molecular complexity index is 1500. The smallest absolute Gasteiger partial charge is 0.348 e. The van der Waals surface area contributed by atoms with E-state index in [9.17, 15) is 19.2 Å². The molecule has 0 unspecified atom stereocenters. The zero-order chi connectivity index (χ0) is 31.1. The zero-order valence-electron chi connectivity index (χ0n) is 24.9. The van der Waals surface area contributed by atoms with Crippen molar-refractivity contribution in [1.82, 2.24) is 14.5 Å². The molecule has 0 spiro atoms. The lowest BCUT2D eigenvalue weighted by Gasteiger charge is -2.61. The van der Waals surface area contributed by atoms with E-state index in [4.69, 9.17) is 11.6 Å². The Morgan fingerprint density at radius 1 is 0.927 bits per heavy atom. The van der Waals surface area contributed by atoms with Crippen LogP contribution in [0.25, 0.3) is 0 Å². The normalized spacial score (nSPS) is 22.0. The first kappa shape index (κ1) is 31.2. The molecule has 2 aliphatic heterocycles. The molecule has 19 heteroatoms. The van der Waals surface area contributed by atoms with Crippen LogP contribution in [0.1, 0.15) is 27.0 Å². The third kappa shape index (κ3) is 4.26. The van der Waals surface area contributed by atoms with Crippen LogP contribution in [0.15, 0.2) is 42.5 Å². The first-order chi connectivity index (χ1) is 18.6. The van der Waals surface area contributed by atoms with Gasteiger partial charge >= 0.3 is 5.92 Å². The fourth-order valence-electron chi connectivity index (χ4n) is 5.94. The van der Waals surface area contributed by atoms with Gasteiger partial charge in [0.15, 0.2) is 0 Å². The summed E-state index contributed by atoms with van der Waals surface area (Å²) in [6, 6.07) is 9.82. The molecule has 2 aromatic carbocycles. The van der Waals surface area contributed by atoms with Crippen molar-refractivity contribution in [3.8, 4) is 0 Å². The standard InChI is InChI=1S/C22H27B9ClF2N3O4/c23-19(24)16(40)36(30)17(41)20(25,22(19,28)29)35-8-9-7-11(3-6-13(9)14(35)38)21(26,27)37(31)15(39)18(33,34)10-1-4-12(32)5-2-10/h1-7H,8,23-31H2/t20-/m1/s1. The Hall–Kier alpha value is -2.75. The maximum absolute atomic E-state index is 15.2. The first-order valence-corrected chi connectivity index (χ1v) is 13.7. The van der Waals surface area contributed by atoms with Crippen molar-refractivity contribution >= 4 is 106 Å². The molecule has 0 bridgehead atoms. The summed E-state index contributed by atoms with van der Waals surface area (Å²) in [6.45, 7) is 0.0838. The summed E-state index contributed by atoms with van der Waals surface area (Å²) in [5.41, 5.74) is -0.289. The highest BCUT2D eigenvalue weighted by molar-refractivity contribution is 6.68. The predicted octanol–water partition coefficient (Wildman–Crippen LogP) is -6.15. The number of benzene rings is 2. The van der Waals surface area contributed by atoms with Crippen molar-refractivity contribution in [3.63, 3.8) is 0 Å². The van der Waals surface area contributed by atoms with E-state index in [1.165, 1.54) is 33.0 Å². The van der Waals surface area contributed by atoms with E-state index in [1.807, 2.05) is 15.7 Å². The van der Waals surface area contributed by atoms with Gasteiger partial charge in [-0.05, 0) is 39.9 Å². The van der Waals surface area contributed by atoms with E-state index in [-0.39, 0.29) is 23.4 Å². The Morgan fingerprint density at radius 2 is 1.46 bits per heavy atom. The number of hydrogen-bond donors (Lipinski definition) is 0. The molecule has 0 radical (unpaired) electrons. The molecule has 2 aromatic rings. The van der Waals surface area contributed by atoms with Crippen LogP contribution in [0.2, 0.25) is 15.5 Å². The summed E-state index contributed by atoms with van der Waals surface area (Å²) in [5.74, 6) is -6.33. The Kier molecular flexibility index (Phi) is 7.34. The largest absolute Gasteiger partial charge is 0.393 e. The molecule has 202 valence electrons. The van der Waals surface area contributed by atoms with Crippen molar-refractivity contribution in [2.24, 2.45) is 0 Å². The highest BCUT2D eigenvalue weighted by Crippen LogP contribution is 2.57. The van der Waals surface area contributed by atoms with Crippen LogP contribution in [0.5, 0.6) is 0 Å². The summed E-state index contributed by atoms with van der Waals surface area (Å²) < 4.78 is 30.5. The second-order valence-electron chi connectivity index (χ2n) is 12.8. The van der Waals surface area contributed by atoms with Gasteiger partial charge in [0.05, 0.1) is 5.44 Å². The highest BCUT2D eigenvalue weighted by Gasteiger charge is 2.65. The summed E-state index contributed by atoms with van der Waals surface area (Å²) in [4.78, 5) is 57.1. The fraction of sp³-hybridized carbons (Fsp3) is 0.273. The average Bonchev–Trinajstić information content (AvgIpc) is 3.25. The number of fused-ring (bicyclic) bond motifs is 1. The Morgan fingerprint density at radius 3 is 2.02 bits per heavy atom. The second kappa shape index (κ2) is 9.64. The molecule has 2 aliphatic rings. The summed E-state index contributed by atoms with van der Waals surface area (Å²) in [6.07, 6.45) is 0. The quantitative estimate of drug-likeness (QED) is 0.266. The second-order valence-corrected chi connectivity index (χ2v) is 13.2. The SMILES string of the molecule is BN1C(=O)C(B)(B)C(B)(B)[C@](B)(N2Cc3cc(C(B)(B)N(B)C(=O)C(F)(F)c4ccc(Cl)cc4)ccc3C2=O)C1=O. The van der Waals surface area contributed by atoms with E-state index in [2.05, 4.69) is 0 Å². The number of imide groups is 1. The lowest BCUT2D eigenvalue weighted by Crippen LogP contribution is -2.75. The van der Waals surface area contributed by atoms with E-state index in [0.29, 0.717) is 16.7 Å². The summed E-state index contributed by atoms with van der Waals surface area (Å²) >= 11 is 5.83. The number of halogens is 3. The number of carbonyl (C=O) groups excluding carboxylic acids is 4. The van der Waals surface area contributed by atoms with Gasteiger partial charge in [0.25, 0.3) is 11.8 Å². The van der Waals surface area contributed by atoms with Gasteiger partial charge in [-0.1, -0.05) is 41.1 Å². The van der Waals surface area contributed by atoms with Crippen LogP contribution in [-0.4, -0.2) is 114 Å². The van der Waals surface area contributed by atoms with Gasteiger partial charge in [-0.25, -0.2) is 0 Å². The number of carbonyl (C=O) groups is 4. The van der Waals surface area contributed by atoms with Crippen molar-refractivity contribution in [2.75, 3.05) is 0 Å². The Labute approximate surface area is 251 Å². The summed E-state index contributed by atoms with van der Waals surface area (Å²) in [5, 5.41) is -2.79. The topological polar surface area (TPSA) is 78.0 Å². The molecule has 2 heterocycles. The van der Waals surface area contributed by atoms with Crippen LogP contribution in [0, 0.1) is 0 Å². The fourth-order valence-corrected chi connectivity index (χ4v) is 6.06. The van der Waals surface area contributed by atoms with Gasteiger partial charge in [-0.3, -0.25) is 19.2 Å². The molecular weight excluding hydrogens is 541 g/mol. The minimum absolute atomic E-state index is 0.0838. The number of nitrogens with zero attached hydrogens (tertiary/aromatic N) is 3. The van der Waals surface area contributed by atoms with E-state index < -0.39 is 44.5 Å². The molecule has 4 rings (SSSR count). The number of rotatable bonds is 5. The maximum atomic E-state index is 15.2. The molecule has 0 aliphatic carbocycles. The number of piperidine rings is 1. The van der Waals surface area contributed by atoms with Crippen LogP contribution >= 0.6 is 11.6 Å². The molecule has 1 fully saturated rings. The van der Waals surface area contributed by atoms with Crippen molar-refractivity contribution in [2.45, 2.75) is 33.7 Å². The minimum Gasteiger partial charge on any atom is -0.393 e. The zero-order valence-corrected chi connectivity index (χ0v) is 25.6. The molecule has 4 amide bonds. The van der Waals surface area contributed by atoms with Gasteiger partial charge < -0.3 is 14.5 Å². The van der Waals surface area contributed by atoms with Gasteiger partial charge in [0, 0.05) is 22.7 Å². The van der Waals surface area contributed by atoms with Crippen LogP contribution in [0.3, 0.4) is 0 Å². The Balaban J connectivity index is 1.68. The van der Waals surface area contributed by atoms with E-state index >= 15 is 8.78 Å². The molecule has 41 heavy (non-hydrogen) atoms. The molecule has 0 saturated carbocycles. The maximum Gasteiger partial charge on any atom is 0.348 e. The molecule has 7 nitrogen and oxygen atoms in total. The van der Waals surface area contributed by atoms with Crippen LogP contribution in [-0.2, 0) is 32.2 Å². The lowest BCUT2D eigenvalue weighted by molar-refractivity contribution is -0.155. The molecule has 0 aromatic heterocycles. The van der Waals surface area contributed by atoms with Crippen molar-refractivity contribution < 1.29 is 28.0 Å². The lowest BCUT2D eigenvalue weighted by atomic mass is 9.21. The van der Waals surface area contributed by atoms with Crippen molar-refractivity contribution in [3.05, 3.63) is 69.7 Å². The molecule has 1 saturated heterocycles. The van der Waals surface area contributed by atoms with Gasteiger partial charge in [0.1, 0.15) is 54.9 Å². The molecule has 1 atom stereocenters. The monoisotopic (exact) mass is 569 g/mol. The number of amides is 4. The van der Waals surface area contributed by atoms with E-state index in [1.54, 1.807) is 57.4 Å². The third-order valence-electron chi connectivity index (χ3n) is 10.1. The highest BCUT2D eigenvalue weighted by atomic mass is 35.5. The van der Waals surface area contributed by atoms with Crippen LogP contribution in [0.4, 0.5) is 8.78 Å². The summed E-state index contributed by atoms with van der Waals surface area (Å²) in [7, 11) is 14.9. The predicted molar refractivity (Wildman–Crippen MR) is 177 cm³/mol. The average molecular weight is 568 g/mol. The first-order valence-electron chi connectivity index (χ1n) is 13.3. The third-order valence-corrected chi connectivity index (χ3v) is 10.4. The van der Waals surface area contributed by atoms with Gasteiger partial charge in [-0.15, -0.1) is 0 Å². The molecular formula is C22H27B9ClF2N3O4. The van der Waals surface area contributed by atoms with Crippen LogP contribution < -0.4 is 0 Å². The van der Waals surface area contributed by atoms with Gasteiger partial charge in [-0.2, -0.15) is 8.78 Å². The minimum atomic E-state index is -3.79.